The molecule has 6 nitrogen and oxygen atoms in total. The molecule has 4 heterocycles. The molecule has 25 heavy (non-hydrogen) atoms. The summed E-state index contributed by atoms with van der Waals surface area (Å²) in [6.07, 6.45) is 3.07. The Morgan fingerprint density at radius 3 is 3.00 bits per heavy atom. The third kappa shape index (κ3) is 3.62. The fraction of sp³-hybridized carbons (Fsp3) is 0.722. The minimum Gasteiger partial charge on any atom is -0.342 e. The van der Waals surface area contributed by atoms with Crippen molar-refractivity contribution in [1.29, 1.82) is 0 Å². The van der Waals surface area contributed by atoms with Crippen molar-refractivity contribution in [3.05, 3.63) is 27.7 Å². The third-order valence-corrected chi connectivity index (χ3v) is 6.59. The van der Waals surface area contributed by atoms with Crippen LogP contribution in [-0.2, 0) is 23.5 Å². The number of amides is 1. The average Bonchev–Trinajstić information content (AvgIpc) is 2.57. The van der Waals surface area contributed by atoms with Gasteiger partial charge in [-0.1, -0.05) is 0 Å². The Morgan fingerprint density at radius 2 is 2.20 bits per heavy atom. The molecule has 0 saturated carbocycles. The van der Waals surface area contributed by atoms with E-state index in [2.05, 4.69) is 17.0 Å². The van der Waals surface area contributed by atoms with E-state index in [1.165, 1.54) is 0 Å². The van der Waals surface area contributed by atoms with Gasteiger partial charge in [0.2, 0.25) is 5.91 Å². The molecule has 4 rings (SSSR count). The van der Waals surface area contributed by atoms with E-state index in [4.69, 9.17) is 0 Å². The molecule has 136 valence electrons. The highest BCUT2D eigenvalue weighted by Crippen LogP contribution is 2.25. The molecule has 7 heteroatoms. The summed E-state index contributed by atoms with van der Waals surface area (Å²) < 4.78 is 1.62. The lowest BCUT2D eigenvalue weighted by molar-refractivity contribution is -0.144. The van der Waals surface area contributed by atoms with Gasteiger partial charge in [0.25, 0.3) is 5.56 Å². The van der Waals surface area contributed by atoms with Crippen molar-refractivity contribution in [3.8, 4) is 0 Å². The fourth-order valence-electron chi connectivity index (χ4n) is 4.12. The van der Waals surface area contributed by atoms with Gasteiger partial charge in [-0.2, -0.15) is 16.9 Å². The van der Waals surface area contributed by atoms with E-state index in [0.717, 1.165) is 68.2 Å². The van der Waals surface area contributed by atoms with E-state index < -0.39 is 0 Å². The highest BCUT2D eigenvalue weighted by molar-refractivity contribution is 7.98. The number of likely N-dealkylation sites (tertiary alicyclic amines) is 2. The number of aromatic nitrogens is 2. The van der Waals surface area contributed by atoms with Crippen LogP contribution in [0, 0.1) is 11.8 Å². The predicted octanol–water partition coefficient (Wildman–Crippen LogP) is 0.833. The van der Waals surface area contributed by atoms with Crippen molar-refractivity contribution in [1.82, 2.24) is 19.6 Å². The summed E-state index contributed by atoms with van der Waals surface area (Å²) >= 11 is 1.86. The monoisotopic (exact) mass is 362 g/mol. The Balaban J connectivity index is 1.34. The Labute approximate surface area is 152 Å². The number of hydrogen-bond acceptors (Lipinski definition) is 5. The molecule has 1 unspecified atom stereocenters. The van der Waals surface area contributed by atoms with Crippen LogP contribution in [0.5, 0.6) is 0 Å². The molecule has 1 aromatic rings. The number of carbonyl (C=O) groups excluding carboxylic acids is 1. The van der Waals surface area contributed by atoms with E-state index >= 15 is 0 Å². The van der Waals surface area contributed by atoms with Gasteiger partial charge < -0.3 is 9.80 Å². The minimum absolute atomic E-state index is 0.0000631. The molecule has 0 aromatic carbocycles. The lowest BCUT2D eigenvalue weighted by atomic mass is 9.92. The number of rotatable bonds is 3. The maximum atomic E-state index is 12.6. The van der Waals surface area contributed by atoms with Gasteiger partial charge in [-0.3, -0.25) is 9.59 Å². The highest BCUT2D eigenvalue weighted by atomic mass is 32.2. The van der Waals surface area contributed by atoms with E-state index in [1.54, 1.807) is 10.7 Å². The second kappa shape index (κ2) is 7.11. The number of thioether (sulfide) groups is 1. The Kier molecular flexibility index (Phi) is 4.86. The number of fused-ring (bicyclic) bond motifs is 1. The second-order valence-corrected chi connectivity index (χ2v) is 8.76. The molecule has 2 saturated heterocycles. The summed E-state index contributed by atoms with van der Waals surface area (Å²) in [6.45, 7) is 4.13. The Hall–Kier alpha value is -1.34. The van der Waals surface area contributed by atoms with Gasteiger partial charge in [0, 0.05) is 43.8 Å². The number of aryl methyl sites for hydroxylation is 1. The van der Waals surface area contributed by atoms with Crippen LogP contribution in [0.3, 0.4) is 0 Å². The van der Waals surface area contributed by atoms with Gasteiger partial charge >= 0.3 is 0 Å². The van der Waals surface area contributed by atoms with E-state index in [0.29, 0.717) is 18.4 Å². The first-order chi connectivity index (χ1) is 12.1. The summed E-state index contributed by atoms with van der Waals surface area (Å²) in [6, 6.07) is 1.76. The molecule has 1 atom stereocenters. The topological polar surface area (TPSA) is 58.4 Å². The van der Waals surface area contributed by atoms with Crippen LogP contribution in [0.1, 0.15) is 24.1 Å². The first-order valence-corrected chi connectivity index (χ1v) is 10.4. The molecule has 0 bridgehead atoms. The summed E-state index contributed by atoms with van der Waals surface area (Å²) in [7, 11) is 2.09. The van der Waals surface area contributed by atoms with Crippen molar-refractivity contribution in [3.63, 3.8) is 0 Å². The second-order valence-electron chi connectivity index (χ2n) is 7.65. The smallest absolute Gasteiger partial charge is 0.267 e. The summed E-state index contributed by atoms with van der Waals surface area (Å²) in [4.78, 5) is 29.1. The van der Waals surface area contributed by atoms with Crippen LogP contribution in [-0.4, -0.2) is 64.5 Å². The predicted molar refractivity (Wildman–Crippen MR) is 98.7 cm³/mol. The van der Waals surface area contributed by atoms with Gasteiger partial charge in [0.1, 0.15) is 0 Å². The van der Waals surface area contributed by atoms with Crippen LogP contribution in [0.25, 0.3) is 0 Å². The molecule has 0 spiro atoms. The Bertz CT molecular complexity index is 714. The standard InChI is InChI=1S/C18H26N4O2S/c1-20-5-2-3-14(11-20)18(24)21-8-13(9-21)10-22-17(23)7-15-12-25-6-4-16(15)19-22/h7,13-14H,2-6,8-12H2,1H3. The first kappa shape index (κ1) is 17.1. The largest absolute Gasteiger partial charge is 0.342 e. The maximum absolute atomic E-state index is 12.6. The van der Waals surface area contributed by atoms with Crippen molar-refractivity contribution in [2.45, 2.75) is 31.6 Å². The summed E-state index contributed by atoms with van der Waals surface area (Å²) in [5.41, 5.74) is 2.18. The van der Waals surface area contributed by atoms with Crippen LogP contribution >= 0.6 is 11.8 Å². The maximum Gasteiger partial charge on any atom is 0.267 e. The van der Waals surface area contributed by atoms with Gasteiger partial charge in [-0.05, 0) is 37.8 Å². The third-order valence-electron chi connectivity index (χ3n) is 5.58. The summed E-state index contributed by atoms with van der Waals surface area (Å²) in [5.74, 6) is 2.79. The van der Waals surface area contributed by atoms with Gasteiger partial charge in [0.15, 0.2) is 0 Å². The van der Waals surface area contributed by atoms with E-state index in [-0.39, 0.29) is 11.5 Å². The molecule has 0 radical (unpaired) electrons. The zero-order chi connectivity index (χ0) is 17.4. The lowest BCUT2D eigenvalue weighted by Crippen LogP contribution is -2.55. The molecule has 3 aliphatic heterocycles. The van der Waals surface area contributed by atoms with Gasteiger partial charge in [-0.15, -0.1) is 0 Å². The molecule has 1 amide bonds. The fourth-order valence-corrected chi connectivity index (χ4v) is 5.07. The summed E-state index contributed by atoms with van der Waals surface area (Å²) in [5, 5.41) is 4.59. The first-order valence-electron chi connectivity index (χ1n) is 9.25. The van der Waals surface area contributed by atoms with Crippen LogP contribution in [0.15, 0.2) is 10.9 Å². The van der Waals surface area contributed by atoms with Gasteiger partial charge in [-0.25, -0.2) is 4.68 Å². The quantitative estimate of drug-likeness (QED) is 0.797. The SMILES string of the molecule is CN1CCCC(C(=O)N2CC(Cn3nc4c(cc3=O)CSCC4)C2)C1. The van der Waals surface area contributed by atoms with E-state index in [1.807, 2.05) is 16.7 Å². The Morgan fingerprint density at radius 1 is 1.36 bits per heavy atom. The molecule has 2 fully saturated rings. The molecule has 0 N–H and O–H groups in total. The molecule has 0 aliphatic carbocycles. The minimum atomic E-state index is -0.0000631. The number of carbonyl (C=O) groups is 1. The molecular weight excluding hydrogens is 336 g/mol. The zero-order valence-corrected chi connectivity index (χ0v) is 15.6. The molecule has 1 aromatic heterocycles. The molecular formula is C18H26N4O2S. The van der Waals surface area contributed by atoms with Crippen LogP contribution in [0.2, 0.25) is 0 Å². The van der Waals surface area contributed by atoms with Crippen molar-refractivity contribution in [2.24, 2.45) is 11.8 Å². The van der Waals surface area contributed by atoms with Crippen LogP contribution < -0.4 is 5.56 Å². The number of piperidine rings is 1. The van der Waals surface area contributed by atoms with Crippen molar-refractivity contribution >= 4 is 17.7 Å². The molecule has 3 aliphatic rings. The average molecular weight is 362 g/mol. The van der Waals surface area contributed by atoms with Gasteiger partial charge in [0.05, 0.1) is 18.2 Å². The van der Waals surface area contributed by atoms with Crippen molar-refractivity contribution in [2.75, 3.05) is 39.0 Å². The lowest BCUT2D eigenvalue weighted by Gasteiger charge is -2.42. The van der Waals surface area contributed by atoms with Crippen molar-refractivity contribution < 1.29 is 4.79 Å². The van der Waals surface area contributed by atoms with E-state index in [9.17, 15) is 9.59 Å². The normalized spacial score (nSPS) is 24.7. The highest BCUT2D eigenvalue weighted by Gasteiger charge is 2.36. The van der Waals surface area contributed by atoms with Crippen LogP contribution in [0.4, 0.5) is 0 Å². The number of hydrogen-bond donors (Lipinski definition) is 0. The number of nitrogens with zero attached hydrogens (tertiary/aromatic N) is 4. The zero-order valence-electron chi connectivity index (χ0n) is 14.8.